The zero-order valence-electron chi connectivity index (χ0n) is 11.6. The lowest BCUT2D eigenvalue weighted by Crippen LogP contribution is -2.45. The molecule has 1 fully saturated rings. The first-order chi connectivity index (χ1) is 8.98. The Bertz CT molecular complexity index is 451. The van der Waals surface area contributed by atoms with Crippen molar-refractivity contribution in [2.45, 2.75) is 45.1 Å². The molecule has 4 heteroatoms. The molecule has 1 aromatic heterocycles. The average Bonchev–Trinajstić information content (AvgIpc) is 2.40. The number of aryl methyl sites for hydroxylation is 1. The van der Waals surface area contributed by atoms with Crippen LogP contribution >= 0.6 is 0 Å². The quantitative estimate of drug-likeness (QED) is 0.876. The van der Waals surface area contributed by atoms with E-state index in [1.165, 1.54) is 0 Å². The molecule has 1 aliphatic carbocycles. The van der Waals surface area contributed by atoms with Gasteiger partial charge in [-0.15, -0.1) is 0 Å². The van der Waals surface area contributed by atoms with Gasteiger partial charge in [-0.2, -0.15) is 0 Å². The summed E-state index contributed by atoms with van der Waals surface area (Å²) in [6.07, 6.45) is 6.85. The van der Waals surface area contributed by atoms with Gasteiger partial charge in [0.15, 0.2) is 0 Å². The molecule has 0 bridgehead atoms. The van der Waals surface area contributed by atoms with Crippen LogP contribution in [-0.2, 0) is 0 Å². The fourth-order valence-electron chi connectivity index (χ4n) is 2.50. The van der Waals surface area contributed by atoms with E-state index in [2.05, 4.69) is 17.2 Å². The number of hydrogen-bond donors (Lipinski definition) is 2. The lowest BCUT2D eigenvalue weighted by atomic mass is 9.79. The third kappa shape index (κ3) is 3.77. The topological polar surface area (TPSA) is 62.2 Å². The highest BCUT2D eigenvalue weighted by Crippen LogP contribution is 2.31. The zero-order valence-corrected chi connectivity index (χ0v) is 11.6. The Morgan fingerprint density at radius 3 is 2.79 bits per heavy atom. The minimum absolute atomic E-state index is 0.164. The van der Waals surface area contributed by atoms with Crippen LogP contribution in [0.3, 0.4) is 0 Å². The molecule has 0 atom stereocenters. The first kappa shape index (κ1) is 14.0. The van der Waals surface area contributed by atoms with E-state index in [-0.39, 0.29) is 5.91 Å². The molecule has 19 heavy (non-hydrogen) atoms. The number of nitrogens with one attached hydrogen (secondary N) is 1. The molecule has 0 radical (unpaired) electrons. The molecule has 1 heterocycles. The Balaban J connectivity index is 1.90. The third-order valence-corrected chi connectivity index (χ3v) is 3.92. The molecule has 1 aliphatic rings. The van der Waals surface area contributed by atoms with E-state index in [1.807, 2.05) is 6.92 Å². The van der Waals surface area contributed by atoms with Crippen LogP contribution in [-0.4, -0.2) is 28.1 Å². The zero-order chi connectivity index (χ0) is 13.9. The van der Waals surface area contributed by atoms with Gasteiger partial charge < -0.3 is 10.4 Å². The maximum absolute atomic E-state index is 12.0. The molecule has 1 aromatic rings. The van der Waals surface area contributed by atoms with E-state index in [0.29, 0.717) is 18.0 Å². The van der Waals surface area contributed by atoms with E-state index in [9.17, 15) is 9.90 Å². The van der Waals surface area contributed by atoms with Crippen molar-refractivity contribution in [1.29, 1.82) is 0 Å². The van der Waals surface area contributed by atoms with Crippen molar-refractivity contribution in [1.82, 2.24) is 10.3 Å². The molecular formula is C15H22N2O2. The smallest absolute Gasteiger partial charge is 0.252 e. The van der Waals surface area contributed by atoms with Gasteiger partial charge in [0.2, 0.25) is 0 Å². The predicted octanol–water partition coefficient (Wildman–Crippen LogP) is 2.06. The van der Waals surface area contributed by atoms with Crippen LogP contribution in [0.4, 0.5) is 0 Å². The number of hydrogen-bond acceptors (Lipinski definition) is 3. The number of aliphatic hydroxyl groups is 1. The molecule has 0 aromatic carbocycles. The van der Waals surface area contributed by atoms with Crippen LogP contribution in [0.5, 0.6) is 0 Å². The van der Waals surface area contributed by atoms with Gasteiger partial charge in [-0.1, -0.05) is 6.92 Å². The monoisotopic (exact) mass is 262 g/mol. The van der Waals surface area contributed by atoms with E-state index in [1.54, 1.807) is 18.5 Å². The number of rotatable bonds is 3. The third-order valence-electron chi connectivity index (χ3n) is 3.92. The SMILES string of the molecule is Cc1cncc(C(=O)NCC2(O)CCC(C)CC2)c1. The molecule has 0 saturated heterocycles. The molecule has 2 rings (SSSR count). The van der Waals surface area contributed by atoms with Crippen LogP contribution in [0.1, 0.15) is 48.5 Å². The van der Waals surface area contributed by atoms with Crippen molar-refractivity contribution in [2.24, 2.45) is 5.92 Å². The second-order valence-corrected chi connectivity index (χ2v) is 5.84. The summed E-state index contributed by atoms with van der Waals surface area (Å²) < 4.78 is 0. The predicted molar refractivity (Wildman–Crippen MR) is 73.9 cm³/mol. The normalized spacial score (nSPS) is 27.0. The Morgan fingerprint density at radius 1 is 1.47 bits per heavy atom. The standard InChI is InChI=1S/C15H22N2O2/c1-11-3-5-15(19,6-4-11)10-17-14(18)13-7-12(2)8-16-9-13/h7-9,11,19H,3-6,10H2,1-2H3,(H,17,18). The molecule has 2 N–H and O–H groups in total. The van der Waals surface area contributed by atoms with Gasteiger partial charge in [0, 0.05) is 18.9 Å². The molecule has 1 amide bonds. The van der Waals surface area contributed by atoms with Crippen molar-refractivity contribution in [3.63, 3.8) is 0 Å². The van der Waals surface area contributed by atoms with Gasteiger partial charge >= 0.3 is 0 Å². The van der Waals surface area contributed by atoms with Crippen LogP contribution in [0.2, 0.25) is 0 Å². The first-order valence-electron chi connectivity index (χ1n) is 6.91. The molecule has 0 aliphatic heterocycles. The van der Waals surface area contributed by atoms with Crippen molar-refractivity contribution < 1.29 is 9.90 Å². The maximum atomic E-state index is 12.0. The second kappa shape index (κ2) is 5.70. The number of carbonyl (C=O) groups is 1. The largest absolute Gasteiger partial charge is 0.388 e. The lowest BCUT2D eigenvalue weighted by Gasteiger charge is -2.34. The molecule has 104 valence electrons. The minimum Gasteiger partial charge on any atom is -0.388 e. The van der Waals surface area contributed by atoms with Crippen LogP contribution in [0, 0.1) is 12.8 Å². The van der Waals surface area contributed by atoms with Gasteiger partial charge in [-0.3, -0.25) is 9.78 Å². The number of amides is 1. The first-order valence-corrected chi connectivity index (χ1v) is 6.91. The highest BCUT2D eigenvalue weighted by atomic mass is 16.3. The van der Waals surface area contributed by atoms with E-state index in [0.717, 1.165) is 31.2 Å². The van der Waals surface area contributed by atoms with E-state index >= 15 is 0 Å². The van der Waals surface area contributed by atoms with E-state index < -0.39 is 5.60 Å². The van der Waals surface area contributed by atoms with Gasteiger partial charge in [-0.05, 0) is 50.2 Å². The number of pyridine rings is 1. The summed E-state index contributed by atoms with van der Waals surface area (Å²) in [5.74, 6) is 0.514. The van der Waals surface area contributed by atoms with Crippen molar-refractivity contribution >= 4 is 5.91 Å². The van der Waals surface area contributed by atoms with Gasteiger partial charge in [0.1, 0.15) is 0 Å². The van der Waals surface area contributed by atoms with Crippen molar-refractivity contribution in [3.05, 3.63) is 29.6 Å². The maximum Gasteiger partial charge on any atom is 0.252 e. The minimum atomic E-state index is -0.737. The summed E-state index contributed by atoms with van der Waals surface area (Å²) in [6.45, 7) is 4.43. The molecular weight excluding hydrogens is 240 g/mol. The summed E-state index contributed by atoms with van der Waals surface area (Å²) in [7, 11) is 0. The van der Waals surface area contributed by atoms with Crippen LogP contribution in [0.15, 0.2) is 18.5 Å². The summed E-state index contributed by atoms with van der Waals surface area (Å²) in [5.41, 5.74) is 0.769. The highest BCUT2D eigenvalue weighted by molar-refractivity contribution is 5.94. The van der Waals surface area contributed by atoms with Crippen LogP contribution in [0.25, 0.3) is 0 Å². The number of nitrogens with zero attached hydrogens (tertiary/aromatic N) is 1. The Morgan fingerprint density at radius 2 is 2.16 bits per heavy atom. The Kier molecular flexibility index (Phi) is 4.20. The Hall–Kier alpha value is -1.42. The van der Waals surface area contributed by atoms with Gasteiger partial charge in [-0.25, -0.2) is 0 Å². The summed E-state index contributed by atoms with van der Waals surface area (Å²) in [4.78, 5) is 16.0. The number of aromatic nitrogens is 1. The summed E-state index contributed by atoms with van der Waals surface area (Å²) in [5, 5.41) is 13.2. The summed E-state index contributed by atoms with van der Waals surface area (Å²) in [6, 6.07) is 1.80. The van der Waals surface area contributed by atoms with Crippen molar-refractivity contribution in [3.8, 4) is 0 Å². The van der Waals surface area contributed by atoms with Gasteiger partial charge in [0.25, 0.3) is 5.91 Å². The fourth-order valence-corrected chi connectivity index (χ4v) is 2.50. The van der Waals surface area contributed by atoms with Crippen LogP contribution < -0.4 is 5.32 Å². The molecule has 1 saturated carbocycles. The average molecular weight is 262 g/mol. The molecule has 0 unspecified atom stereocenters. The highest BCUT2D eigenvalue weighted by Gasteiger charge is 2.32. The van der Waals surface area contributed by atoms with Gasteiger partial charge in [0.05, 0.1) is 11.2 Å². The second-order valence-electron chi connectivity index (χ2n) is 5.84. The van der Waals surface area contributed by atoms with Crippen molar-refractivity contribution in [2.75, 3.05) is 6.54 Å². The number of carbonyl (C=O) groups excluding carboxylic acids is 1. The molecule has 0 spiro atoms. The summed E-state index contributed by atoms with van der Waals surface area (Å²) >= 11 is 0. The fraction of sp³-hybridized carbons (Fsp3) is 0.600. The Labute approximate surface area is 114 Å². The molecule has 4 nitrogen and oxygen atoms in total. The van der Waals surface area contributed by atoms with E-state index in [4.69, 9.17) is 0 Å². The lowest BCUT2D eigenvalue weighted by molar-refractivity contribution is -0.00540.